The number of rotatable bonds is 3. The summed E-state index contributed by atoms with van der Waals surface area (Å²) in [7, 11) is 1.75. The predicted molar refractivity (Wildman–Crippen MR) is 74.2 cm³/mol. The van der Waals surface area contributed by atoms with Crippen LogP contribution in [0.2, 0.25) is 0 Å². The minimum atomic E-state index is -0.0886. The number of hydrogen-bond donors (Lipinski definition) is 0. The average Bonchev–Trinajstić information content (AvgIpc) is 2.66. The molecule has 98 valence electrons. The molecule has 1 amide bonds. The van der Waals surface area contributed by atoms with E-state index >= 15 is 0 Å². The summed E-state index contributed by atoms with van der Waals surface area (Å²) in [4.78, 5) is 13.0. The van der Waals surface area contributed by atoms with E-state index < -0.39 is 0 Å². The lowest BCUT2D eigenvalue weighted by molar-refractivity contribution is -0.125. The summed E-state index contributed by atoms with van der Waals surface area (Å²) < 4.78 is 5.82. The van der Waals surface area contributed by atoms with E-state index in [1.54, 1.807) is 11.9 Å². The molecule has 0 N–H and O–H groups in total. The molecular weight excluding hydrogens is 226 g/mol. The van der Waals surface area contributed by atoms with E-state index in [1.807, 2.05) is 6.92 Å². The second kappa shape index (κ2) is 5.71. The van der Waals surface area contributed by atoms with Gasteiger partial charge in [0.25, 0.3) is 0 Å². The van der Waals surface area contributed by atoms with Gasteiger partial charge in [-0.15, -0.1) is 0 Å². The number of carbonyl (C=O) groups excluding carboxylic acids is 1. The van der Waals surface area contributed by atoms with Crippen molar-refractivity contribution < 1.29 is 9.21 Å². The quantitative estimate of drug-likeness (QED) is 0.768. The first-order chi connectivity index (χ1) is 8.13. The van der Waals surface area contributed by atoms with Crippen LogP contribution in [0.1, 0.15) is 36.5 Å². The molecule has 0 unspecified atom stereocenters. The molecule has 0 atom stereocenters. The molecule has 0 aliphatic heterocycles. The van der Waals surface area contributed by atoms with E-state index in [-0.39, 0.29) is 13.3 Å². The van der Waals surface area contributed by atoms with Gasteiger partial charge in [0.2, 0.25) is 5.91 Å². The van der Waals surface area contributed by atoms with Crippen LogP contribution in [0, 0.1) is 6.92 Å². The van der Waals surface area contributed by atoms with Crippen LogP contribution in [-0.2, 0) is 17.8 Å². The molecule has 0 aromatic carbocycles. The van der Waals surface area contributed by atoms with Gasteiger partial charge in [0.1, 0.15) is 11.5 Å². The lowest BCUT2D eigenvalue weighted by Gasteiger charge is -2.13. The van der Waals surface area contributed by atoms with E-state index in [1.165, 1.54) is 11.6 Å². The molecule has 3 nitrogen and oxygen atoms in total. The maximum atomic E-state index is 11.4. The summed E-state index contributed by atoms with van der Waals surface area (Å²) in [5.41, 5.74) is 2.32. The van der Waals surface area contributed by atoms with Gasteiger partial charge >= 0.3 is 0 Å². The van der Waals surface area contributed by atoms with Crippen molar-refractivity contribution in [3.8, 4) is 0 Å². The van der Waals surface area contributed by atoms with Gasteiger partial charge in [-0.2, -0.15) is 0 Å². The van der Waals surface area contributed by atoms with Crippen molar-refractivity contribution >= 4 is 12.0 Å². The standard InChI is InChI=1S/C14H17NO2.CH4/c1-4-14(16)15(3)9-13-10(2)11-7-5-6-8-12(11)17-13;/h4-5,7H,1,6,8-9H2,2-3H3;1H4. The summed E-state index contributed by atoms with van der Waals surface area (Å²) in [6, 6.07) is 0. The van der Waals surface area contributed by atoms with E-state index in [9.17, 15) is 4.79 Å². The number of nitrogens with zero attached hydrogens (tertiary/aromatic N) is 1. The number of amides is 1. The molecule has 0 fully saturated rings. The van der Waals surface area contributed by atoms with Crippen LogP contribution in [0.5, 0.6) is 0 Å². The summed E-state index contributed by atoms with van der Waals surface area (Å²) in [5, 5.41) is 0. The molecule has 1 aliphatic carbocycles. The Labute approximate surface area is 109 Å². The normalized spacial score (nSPS) is 12.6. The zero-order chi connectivity index (χ0) is 12.4. The highest BCUT2D eigenvalue weighted by Gasteiger charge is 2.18. The third-order valence-corrected chi connectivity index (χ3v) is 3.12. The number of allylic oxidation sites excluding steroid dienone is 1. The molecule has 18 heavy (non-hydrogen) atoms. The van der Waals surface area contributed by atoms with Crippen molar-refractivity contribution in [2.75, 3.05) is 7.05 Å². The van der Waals surface area contributed by atoms with Crippen molar-refractivity contribution in [2.45, 2.75) is 33.7 Å². The predicted octanol–water partition coefficient (Wildman–Crippen LogP) is 3.33. The molecule has 0 bridgehead atoms. The van der Waals surface area contributed by atoms with Crippen LogP contribution >= 0.6 is 0 Å². The third kappa shape index (κ3) is 2.55. The van der Waals surface area contributed by atoms with Gasteiger partial charge in [0, 0.05) is 19.0 Å². The Hall–Kier alpha value is -1.77. The Balaban J connectivity index is 0.00000162. The maximum Gasteiger partial charge on any atom is 0.246 e. The van der Waals surface area contributed by atoms with Crippen LogP contribution < -0.4 is 0 Å². The SMILES string of the molecule is C.C=CC(=O)N(C)Cc1oc2c(c1C)C=CCC2. The van der Waals surface area contributed by atoms with Gasteiger partial charge in [-0.3, -0.25) is 4.79 Å². The Bertz CT molecular complexity index is 483. The van der Waals surface area contributed by atoms with Gasteiger partial charge in [-0.1, -0.05) is 26.2 Å². The molecular formula is C15H21NO2. The molecule has 2 rings (SSSR count). The zero-order valence-electron chi connectivity index (χ0n) is 10.3. The maximum absolute atomic E-state index is 11.4. The highest BCUT2D eigenvalue weighted by molar-refractivity contribution is 5.86. The molecule has 1 aromatic heterocycles. The van der Waals surface area contributed by atoms with Crippen molar-refractivity contribution in [1.82, 2.24) is 4.90 Å². The fourth-order valence-corrected chi connectivity index (χ4v) is 2.06. The minimum Gasteiger partial charge on any atom is -0.463 e. The van der Waals surface area contributed by atoms with Crippen molar-refractivity contribution in [3.05, 3.63) is 41.4 Å². The smallest absolute Gasteiger partial charge is 0.246 e. The number of aryl methyl sites for hydroxylation is 1. The highest BCUT2D eigenvalue weighted by Crippen LogP contribution is 2.28. The monoisotopic (exact) mass is 247 g/mol. The summed E-state index contributed by atoms with van der Waals surface area (Å²) in [5.74, 6) is 1.83. The Kier molecular flexibility index (Phi) is 4.54. The zero-order valence-corrected chi connectivity index (χ0v) is 10.3. The number of likely N-dealkylation sites (N-methyl/N-ethyl adjacent to an activating group) is 1. The van der Waals surface area contributed by atoms with Crippen LogP contribution in [0.4, 0.5) is 0 Å². The first-order valence-electron chi connectivity index (χ1n) is 5.78. The van der Waals surface area contributed by atoms with E-state index in [4.69, 9.17) is 4.42 Å². The summed E-state index contributed by atoms with van der Waals surface area (Å²) in [6.45, 7) is 6.02. The van der Waals surface area contributed by atoms with Crippen molar-refractivity contribution in [3.63, 3.8) is 0 Å². The number of furan rings is 1. The highest BCUT2D eigenvalue weighted by atomic mass is 16.3. The van der Waals surface area contributed by atoms with Crippen LogP contribution in [-0.4, -0.2) is 17.9 Å². The van der Waals surface area contributed by atoms with Gasteiger partial charge in [0.15, 0.2) is 0 Å². The molecule has 1 aliphatic rings. The topological polar surface area (TPSA) is 33.5 Å². The van der Waals surface area contributed by atoms with Gasteiger partial charge < -0.3 is 9.32 Å². The second-order valence-electron chi connectivity index (χ2n) is 4.33. The first kappa shape index (κ1) is 14.3. The van der Waals surface area contributed by atoms with E-state index in [0.717, 1.165) is 29.9 Å². The number of carbonyl (C=O) groups is 1. The largest absolute Gasteiger partial charge is 0.463 e. The Morgan fingerprint density at radius 1 is 1.61 bits per heavy atom. The van der Waals surface area contributed by atoms with Gasteiger partial charge in [0.05, 0.1) is 6.54 Å². The van der Waals surface area contributed by atoms with Crippen LogP contribution in [0.15, 0.2) is 23.1 Å². The van der Waals surface area contributed by atoms with Crippen molar-refractivity contribution in [2.24, 2.45) is 0 Å². The number of fused-ring (bicyclic) bond motifs is 1. The summed E-state index contributed by atoms with van der Waals surface area (Å²) >= 11 is 0. The van der Waals surface area contributed by atoms with E-state index in [2.05, 4.69) is 18.7 Å². The summed E-state index contributed by atoms with van der Waals surface area (Å²) in [6.07, 6.45) is 7.56. The van der Waals surface area contributed by atoms with Crippen LogP contribution in [0.3, 0.4) is 0 Å². The Morgan fingerprint density at radius 2 is 2.33 bits per heavy atom. The average molecular weight is 247 g/mol. The Morgan fingerprint density at radius 3 is 2.94 bits per heavy atom. The third-order valence-electron chi connectivity index (χ3n) is 3.12. The fraction of sp³-hybridized carbons (Fsp3) is 0.400. The first-order valence-corrected chi connectivity index (χ1v) is 5.78. The molecule has 3 heteroatoms. The second-order valence-corrected chi connectivity index (χ2v) is 4.33. The van der Waals surface area contributed by atoms with E-state index in [0.29, 0.717) is 6.54 Å². The lowest BCUT2D eigenvalue weighted by atomic mass is 10.0. The lowest BCUT2D eigenvalue weighted by Crippen LogP contribution is -2.23. The fourth-order valence-electron chi connectivity index (χ4n) is 2.06. The molecule has 0 radical (unpaired) electrons. The number of hydrogen-bond acceptors (Lipinski definition) is 2. The molecule has 1 aromatic rings. The minimum absolute atomic E-state index is 0. The molecule has 1 heterocycles. The van der Waals surface area contributed by atoms with Gasteiger partial charge in [-0.05, 0) is 25.0 Å². The molecule has 0 saturated carbocycles. The van der Waals surface area contributed by atoms with Crippen molar-refractivity contribution in [1.29, 1.82) is 0 Å². The van der Waals surface area contributed by atoms with Crippen LogP contribution in [0.25, 0.3) is 6.08 Å². The molecule has 0 spiro atoms. The van der Waals surface area contributed by atoms with Gasteiger partial charge in [-0.25, -0.2) is 0 Å². The molecule has 0 saturated heterocycles.